The minimum Gasteiger partial charge on any atom is -0.448 e. The highest BCUT2D eigenvalue weighted by atomic mass is 35.5. The molecule has 0 saturated carbocycles. The van der Waals surface area contributed by atoms with Gasteiger partial charge >= 0.3 is 11.0 Å². The molecule has 0 aliphatic rings. The molecule has 2 aromatic rings. The Morgan fingerprint density at radius 3 is 2.45 bits per heavy atom. The van der Waals surface area contributed by atoms with E-state index in [0.29, 0.717) is 11.3 Å². The second kappa shape index (κ2) is 10.2. The van der Waals surface area contributed by atoms with Gasteiger partial charge < -0.3 is 10.1 Å². The fourth-order valence-electron chi connectivity index (χ4n) is 2.52. The third-order valence-electron chi connectivity index (χ3n) is 4.16. The lowest BCUT2D eigenvalue weighted by Crippen LogP contribution is -2.31. The maximum Gasteiger partial charge on any atom is 0.349 e. The Hall–Kier alpha value is -2.54. The Kier molecular flexibility index (Phi) is 8.12. The van der Waals surface area contributed by atoms with E-state index >= 15 is 0 Å². The van der Waals surface area contributed by atoms with Gasteiger partial charge in [0.15, 0.2) is 6.10 Å². The van der Waals surface area contributed by atoms with E-state index in [2.05, 4.69) is 5.32 Å². The van der Waals surface area contributed by atoms with E-state index in [0.717, 1.165) is 6.07 Å². The van der Waals surface area contributed by atoms with Gasteiger partial charge in [-0.3, -0.25) is 14.9 Å². The number of halogens is 1. The topological polar surface area (TPSA) is 136 Å². The number of ether oxygens (including phenoxy) is 1. The normalized spacial score (nSPS) is 12.4. The lowest BCUT2D eigenvalue weighted by molar-refractivity contribution is -0.380. The van der Waals surface area contributed by atoms with E-state index < -0.39 is 32.9 Å². The summed E-state index contributed by atoms with van der Waals surface area (Å²) in [5, 5.41) is 13.0. The van der Waals surface area contributed by atoms with Crippen LogP contribution in [0.1, 0.15) is 30.4 Å². The quantitative estimate of drug-likeness (QED) is 0.323. The number of nitrogens with one attached hydrogen (secondary N) is 1. The number of anilines is 1. The monoisotopic (exact) mass is 489 g/mol. The molecule has 1 aromatic heterocycles. The second-order valence-electron chi connectivity index (χ2n) is 6.16. The fourth-order valence-corrected chi connectivity index (χ4v) is 4.87. The van der Waals surface area contributed by atoms with Crippen LogP contribution in [0.5, 0.6) is 0 Å². The molecule has 0 spiro atoms. The molecular weight excluding hydrogens is 470 g/mol. The van der Waals surface area contributed by atoms with Crippen molar-refractivity contribution in [3.63, 3.8) is 0 Å². The van der Waals surface area contributed by atoms with Gasteiger partial charge in [-0.2, -0.15) is 4.31 Å². The second-order valence-corrected chi connectivity index (χ2v) is 9.57. The number of carbonyl (C=O) groups excluding carboxylic acids is 2. The van der Waals surface area contributed by atoms with E-state index in [1.807, 2.05) is 0 Å². The van der Waals surface area contributed by atoms with Gasteiger partial charge in [0, 0.05) is 19.2 Å². The molecular formula is C18H20ClN3O7S2. The van der Waals surface area contributed by atoms with Crippen LogP contribution in [-0.2, 0) is 19.6 Å². The maximum atomic E-state index is 12.7. The number of carbonyl (C=O) groups is 2. The van der Waals surface area contributed by atoms with Crippen LogP contribution in [0, 0.1) is 10.1 Å². The van der Waals surface area contributed by atoms with Crippen molar-refractivity contribution in [3.05, 3.63) is 50.3 Å². The summed E-state index contributed by atoms with van der Waals surface area (Å²) in [6, 6.07) is 6.29. The van der Waals surface area contributed by atoms with Crippen molar-refractivity contribution >= 4 is 55.5 Å². The van der Waals surface area contributed by atoms with Crippen molar-refractivity contribution in [1.82, 2.24) is 4.31 Å². The zero-order valence-corrected chi connectivity index (χ0v) is 19.2. The Balaban J connectivity index is 2.15. The first-order chi connectivity index (χ1) is 14.5. The summed E-state index contributed by atoms with van der Waals surface area (Å²) < 4.78 is 31.7. The molecule has 10 nitrogen and oxygen atoms in total. The molecule has 0 saturated heterocycles. The summed E-state index contributed by atoms with van der Waals surface area (Å²) >= 11 is 6.71. The van der Waals surface area contributed by atoms with Gasteiger partial charge in [-0.1, -0.05) is 36.8 Å². The highest BCUT2D eigenvalue weighted by Crippen LogP contribution is 2.28. The first-order valence-corrected chi connectivity index (χ1v) is 11.7. The van der Waals surface area contributed by atoms with Gasteiger partial charge in [-0.05, 0) is 31.2 Å². The molecule has 1 N–H and O–H groups in total. The number of nitrogens with zero attached hydrogens (tertiary/aromatic N) is 2. The minimum atomic E-state index is -3.77. The molecule has 1 unspecified atom stereocenters. The molecule has 31 heavy (non-hydrogen) atoms. The third-order valence-corrected chi connectivity index (χ3v) is 7.56. The molecule has 2 rings (SSSR count). The third kappa shape index (κ3) is 5.79. The smallest absolute Gasteiger partial charge is 0.349 e. The maximum absolute atomic E-state index is 12.7. The summed E-state index contributed by atoms with van der Waals surface area (Å²) in [7, 11) is -3.77. The SMILES string of the molecule is CCN(CC)S(=O)(=O)c1ccc(Cl)c(NC(=O)C(C)OC(=O)c2ccc([N+](=O)[O-])s2)c1. The van der Waals surface area contributed by atoms with Crippen LogP contribution >= 0.6 is 22.9 Å². The molecule has 0 bridgehead atoms. The van der Waals surface area contributed by atoms with Crippen LogP contribution < -0.4 is 5.32 Å². The Labute approximate surface area is 188 Å². The summed E-state index contributed by atoms with van der Waals surface area (Å²) in [4.78, 5) is 34.6. The zero-order valence-electron chi connectivity index (χ0n) is 16.8. The molecule has 168 valence electrons. The van der Waals surface area contributed by atoms with Crippen molar-refractivity contribution in [1.29, 1.82) is 0 Å². The largest absolute Gasteiger partial charge is 0.448 e. The van der Waals surface area contributed by atoms with Gasteiger partial charge in [0.05, 0.1) is 20.5 Å². The van der Waals surface area contributed by atoms with Crippen LogP contribution in [0.15, 0.2) is 35.2 Å². The lowest BCUT2D eigenvalue weighted by atomic mass is 10.3. The average Bonchev–Trinajstić information content (AvgIpc) is 3.21. The summed E-state index contributed by atoms with van der Waals surface area (Å²) in [5.41, 5.74) is 0.0366. The van der Waals surface area contributed by atoms with E-state index in [1.165, 1.54) is 35.5 Å². The molecule has 0 aliphatic heterocycles. The van der Waals surface area contributed by atoms with Crippen molar-refractivity contribution in [2.75, 3.05) is 18.4 Å². The molecule has 1 amide bonds. The van der Waals surface area contributed by atoms with E-state index in [9.17, 15) is 28.1 Å². The minimum absolute atomic E-state index is 0.0308. The predicted molar refractivity (Wildman–Crippen MR) is 116 cm³/mol. The number of benzene rings is 1. The molecule has 1 aromatic carbocycles. The molecule has 0 aliphatic carbocycles. The van der Waals surface area contributed by atoms with E-state index in [4.69, 9.17) is 16.3 Å². The first kappa shape index (κ1) is 24.7. The lowest BCUT2D eigenvalue weighted by Gasteiger charge is -2.19. The Morgan fingerprint density at radius 2 is 1.90 bits per heavy atom. The zero-order chi connectivity index (χ0) is 23.3. The molecule has 13 heteroatoms. The van der Waals surface area contributed by atoms with Crippen molar-refractivity contribution in [2.24, 2.45) is 0 Å². The summed E-state index contributed by atoms with van der Waals surface area (Å²) in [6.07, 6.45) is -1.27. The molecule has 0 radical (unpaired) electrons. The fraction of sp³-hybridized carbons (Fsp3) is 0.333. The number of amides is 1. The van der Waals surface area contributed by atoms with Crippen LogP contribution in [0.2, 0.25) is 5.02 Å². The average molecular weight is 490 g/mol. The van der Waals surface area contributed by atoms with E-state index in [1.54, 1.807) is 13.8 Å². The first-order valence-electron chi connectivity index (χ1n) is 9.07. The highest BCUT2D eigenvalue weighted by Gasteiger charge is 2.25. The van der Waals surface area contributed by atoms with Crippen LogP contribution in [0.4, 0.5) is 10.7 Å². The summed E-state index contributed by atoms with van der Waals surface area (Å²) in [5.74, 6) is -1.65. The number of nitro groups is 1. The van der Waals surface area contributed by atoms with E-state index in [-0.39, 0.29) is 38.6 Å². The van der Waals surface area contributed by atoms with Gasteiger partial charge in [-0.25, -0.2) is 13.2 Å². The number of sulfonamides is 1. The standard InChI is InChI=1S/C18H20ClN3O7S2/c1-4-21(5-2)31(27,28)12-6-7-13(19)14(10-12)20-17(23)11(3)29-18(24)15-8-9-16(30-15)22(25)26/h6-11H,4-5H2,1-3H3,(H,20,23). The van der Waals surface area contributed by atoms with Gasteiger partial charge in [-0.15, -0.1) is 0 Å². The number of hydrogen-bond acceptors (Lipinski definition) is 8. The predicted octanol–water partition coefficient (Wildman–Crippen LogP) is 3.52. The number of esters is 1. The van der Waals surface area contributed by atoms with Gasteiger partial charge in [0.25, 0.3) is 5.91 Å². The molecule has 1 heterocycles. The number of hydrogen-bond donors (Lipinski definition) is 1. The van der Waals surface area contributed by atoms with Gasteiger partial charge in [0.1, 0.15) is 4.88 Å². The van der Waals surface area contributed by atoms with Crippen LogP contribution in [0.3, 0.4) is 0 Å². The highest BCUT2D eigenvalue weighted by molar-refractivity contribution is 7.89. The van der Waals surface area contributed by atoms with Crippen molar-refractivity contribution in [2.45, 2.75) is 31.8 Å². The van der Waals surface area contributed by atoms with Gasteiger partial charge in [0.2, 0.25) is 10.0 Å². The summed E-state index contributed by atoms with van der Waals surface area (Å²) in [6.45, 7) is 5.27. The van der Waals surface area contributed by atoms with Crippen LogP contribution in [0.25, 0.3) is 0 Å². The number of thiophene rings is 1. The molecule has 1 atom stereocenters. The van der Waals surface area contributed by atoms with Crippen molar-refractivity contribution in [3.8, 4) is 0 Å². The molecule has 0 fully saturated rings. The van der Waals surface area contributed by atoms with Crippen LogP contribution in [-0.4, -0.2) is 48.7 Å². The number of rotatable bonds is 9. The Morgan fingerprint density at radius 1 is 1.26 bits per heavy atom. The van der Waals surface area contributed by atoms with Crippen molar-refractivity contribution < 1.29 is 27.7 Å². The Bertz CT molecular complexity index is 1100.